The average molecular weight is 242 g/mol. The molecule has 1 atom stereocenters. The van der Waals surface area contributed by atoms with Crippen molar-refractivity contribution in [2.45, 2.75) is 19.4 Å². The third-order valence-corrected chi connectivity index (χ3v) is 3.02. The molecule has 3 heteroatoms. The van der Waals surface area contributed by atoms with Crippen LogP contribution in [0, 0.1) is 0 Å². The average Bonchev–Trinajstić information content (AvgIpc) is 2.38. The Bertz CT molecular complexity index is 551. The third-order valence-electron chi connectivity index (χ3n) is 3.02. The molecule has 0 aromatic heterocycles. The van der Waals surface area contributed by atoms with E-state index in [1.807, 2.05) is 19.1 Å². The highest BCUT2D eigenvalue weighted by Crippen LogP contribution is 2.20. The van der Waals surface area contributed by atoms with Crippen LogP contribution in [0.2, 0.25) is 0 Å². The topological polar surface area (TPSA) is 55.1 Å². The zero-order valence-electron chi connectivity index (χ0n) is 10.5. The lowest BCUT2D eigenvalue weighted by molar-refractivity contribution is -0.121. The van der Waals surface area contributed by atoms with Crippen molar-refractivity contribution in [2.24, 2.45) is 5.73 Å². The molecule has 0 saturated carbocycles. The Balaban J connectivity index is 2.17. The molecule has 0 bridgehead atoms. The van der Waals surface area contributed by atoms with Gasteiger partial charge in [-0.2, -0.15) is 0 Å². The van der Waals surface area contributed by atoms with Gasteiger partial charge in [-0.1, -0.05) is 36.4 Å². The van der Waals surface area contributed by atoms with Gasteiger partial charge in [0.1, 0.15) is 0 Å². The summed E-state index contributed by atoms with van der Waals surface area (Å²) in [7, 11) is 0. The van der Waals surface area contributed by atoms with Crippen LogP contribution >= 0.6 is 0 Å². The number of amides is 1. The summed E-state index contributed by atoms with van der Waals surface area (Å²) in [4.78, 5) is 11.5. The van der Waals surface area contributed by atoms with E-state index in [1.165, 1.54) is 10.8 Å². The van der Waals surface area contributed by atoms with E-state index in [1.54, 1.807) is 0 Å². The van der Waals surface area contributed by atoms with Crippen molar-refractivity contribution in [3.05, 3.63) is 48.0 Å². The zero-order chi connectivity index (χ0) is 13.0. The standard InChI is InChI=1S/C15H18N2O/c1-11(17-15(18)8-9-16)13-7-6-12-4-2-3-5-14(12)10-13/h2-7,10-11H,8-9,16H2,1H3,(H,17,18). The summed E-state index contributed by atoms with van der Waals surface area (Å²) in [6, 6.07) is 14.4. The number of nitrogens with two attached hydrogens (primary N) is 1. The number of hydrogen-bond acceptors (Lipinski definition) is 2. The minimum atomic E-state index is -0.00170. The van der Waals surface area contributed by atoms with Crippen molar-refractivity contribution in [3.8, 4) is 0 Å². The molecule has 1 unspecified atom stereocenters. The van der Waals surface area contributed by atoms with Crippen LogP contribution in [-0.2, 0) is 4.79 Å². The summed E-state index contributed by atoms with van der Waals surface area (Å²) in [6.45, 7) is 2.37. The van der Waals surface area contributed by atoms with E-state index in [2.05, 4.69) is 35.6 Å². The lowest BCUT2D eigenvalue weighted by Gasteiger charge is -2.14. The maximum Gasteiger partial charge on any atom is 0.221 e. The minimum Gasteiger partial charge on any atom is -0.350 e. The summed E-state index contributed by atoms with van der Waals surface area (Å²) in [5.74, 6) is -0.00170. The number of nitrogens with one attached hydrogen (secondary N) is 1. The third kappa shape index (κ3) is 2.87. The first kappa shape index (κ1) is 12.6. The predicted octanol–water partition coefficient (Wildman–Crippen LogP) is 2.37. The quantitative estimate of drug-likeness (QED) is 0.864. The zero-order valence-corrected chi connectivity index (χ0v) is 10.5. The van der Waals surface area contributed by atoms with Gasteiger partial charge in [-0.05, 0) is 29.3 Å². The van der Waals surface area contributed by atoms with Crippen LogP contribution in [0.25, 0.3) is 10.8 Å². The van der Waals surface area contributed by atoms with E-state index in [-0.39, 0.29) is 11.9 Å². The normalized spacial score (nSPS) is 12.3. The number of hydrogen-bond donors (Lipinski definition) is 2. The second-order valence-electron chi connectivity index (χ2n) is 4.43. The number of rotatable bonds is 4. The minimum absolute atomic E-state index is 0.00170. The fraction of sp³-hybridized carbons (Fsp3) is 0.267. The summed E-state index contributed by atoms with van der Waals surface area (Å²) in [6.07, 6.45) is 0.373. The van der Waals surface area contributed by atoms with E-state index in [0.29, 0.717) is 13.0 Å². The molecule has 0 radical (unpaired) electrons. The van der Waals surface area contributed by atoms with Crippen LogP contribution in [0.15, 0.2) is 42.5 Å². The molecular weight excluding hydrogens is 224 g/mol. The van der Waals surface area contributed by atoms with Crippen molar-refractivity contribution >= 4 is 16.7 Å². The summed E-state index contributed by atoms with van der Waals surface area (Å²) >= 11 is 0. The SMILES string of the molecule is CC(NC(=O)CCN)c1ccc2ccccc2c1. The van der Waals surface area contributed by atoms with Crippen LogP contribution in [-0.4, -0.2) is 12.5 Å². The highest BCUT2D eigenvalue weighted by Gasteiger charge is 2.09. The van der Waals surface area contributed by atoms with E-state index >= 15 is 0 Å². The first-order chi connectivity index (χ1) is 8.70. The predicted molar refractivity (Wildman–Crippen MR) is 74.2 cm³/mol. The Labute approximate surface area is 107 Å². The fourth-order valence-electron chi connectivity index (χ4n) is 2.01. The van der Waals surface area contributed by atoms with E-state index in [4.69, 9.17) is 5.73 Å². The van der Waals surface area contributed by atoms with Crippen LogP contribution < -0.4 is 11.1 Å². The van der Waals surface area contributed by atoms with Crippen molar-refractivity contribution in [1.82, 2.24) is 5.32 Å². The van der Waals surface area contributed by atoms with Crippen molar-refractivity contribution in [2.75, 3.05) is 6.54 Å². The molecule has 1 amide bonds. The summed E-state index contributed by atoms with van der Waals surface area (Å²) < 4.78 is 0. The Morgan fingerprint density at radius 3 is 2.67 bits per heavy atom. The van der Waals surface area contributed by atoms with Gasteiger partial charge in [0.05, 0.1) is 6.04 Å². The van der Waals surface area contributed by atoms with E-state index in [9.17, 15) is 4.79 Å². The second kappa shape index (κ2) is 5.65. The first-order valence-electron chi connectivity index (χ1n) is 6.19. The molecule has 2 aromatic carbocycles. The highest BCUT2D eigenvalue weighted by molar-refractivity contribution is 5.83. The van der Waals surface area contributed by atoms with Gasteiger partial charge in [-0.15, -0.1) is 0 Å². The second-order valence-corrected chi connectivity index (χ2v) is 4.43. The van der Waals surface area contributed by atoms with Crippen molar-refractivity contribution in [3.63, 3.8) is 0 Å². The van der Waals surface area contributed by atoms with E-state index < -0.39 is 0 Å². The molecular formula is C15H18N2O. The number of carbonyl (C=O) groups excluding carboxylic acids is 1. The molecule has 3 nitrogen and oxygen atoms in total. The van der Waals surface area contributed by atoms with Gasteiger partial charge in [-0.3, -0.25) is 4.79 Å². The van der Waals surface area contributed by atoms with E-state index in [0.717, 1.165) is 5.56 Å². The molecule has 0 aliphatic rings. The molecule has 0 heterocycles. The fourth-order valence-corrected chi connectivity index (χ4v) is 2.01. The Morgan fingerprint density at radius 2 is 1.94 bits per heavy atom. The van der Waals surface area contributed by atoms with Crippen LogP contribution in [0.3, 0.4) is 0 Å². The van der Waals surface area contributed by atoms with Gasteiger partial charge in [0.25, 0.3) is 0 Å². The smallest absolute Gasteiger partial charge is 0.221 e. The summed E-state index contributed by atoms with van der Waals surface area (Å²) in [5, 5.41) is 5.34. The number of carbonyl (C=O) groups is 1. The molecule has 0 saturated heterocycles. The Morgan fingerprint density at radius 1 is 1.22 bits per heavy atom. The largest absolute Gasteiger partial charge is 0.350 e. The molecule has 2 rings (SSSR count). The molecule has 0 spiro atoms. The molecule has 0 fully saturated rings. The lowest BCUT2D eigenvalue weighted by atomic mass is 10.0. The Hall–Kier alpha value is -1.87. The molecule has 0 aliphatic carbocycles. The molecule has 3 N–H and O–H groups in total. The van der Waals surface area contributed by atoms with Gasteiger partial charge in [0, 0.05) is 13.0 Å². The number of fused-ring (bicyclic) bond motifs is 1. The van der Waals surface area contributed by atoms with Gasteiger partial charge in [0.2, 0.25) is 5.91 Å². The molecule has 0 aliphatic heterocycles. The van der Waals surface area contributed by atoms with Gasteiger partial charge in [0.15, 0.2) is 0 Å². The first-order valence-corrected chi connectivity index (χ1v) is 6.19. The van der Waals surface area contributed by atoms with Crippen molar-refractivity contribution in [1.29, 1.82) is 0 Å². The van der Waals surface area contributed by atoms with Crippen LogP contribution in [0.5, 0.6) is 0 Å². The molecule has 2 aromatic rings. The maximum atomic E-state index is 11.5. The maximum absolute atomic E-state index is 11.5. The van der Waals surface area contributed by atoms with Gasteiger partial charge in [-0.25, -0.2) is 0 Å². The molecule has 94 valence electrons. The van der Waals surface area contributed by atoms with Crippen LogP contribution in [0.1, 0.15) is 24.9 Å². The number of benzene rings is 2. The van der Waals surface area contributed by atoms with Gasteiger partial charge >= 0.3 is 0 Å². The molecule has 18 heavy (non-hydrogen) atoms. The highest BCUT2D eigenvalue weighted by atomic mass is 16.1. The van der Waals surface area contributed by atoms with Gasteiger partial charge < -0.3 is 11.1 Å². The Kier molecular flexibility index (Phi) is 3.95. The summed E-state index contributed by atoms with van der Waals surface area (Å²) in [5.41, 5.74) is 6.47. The monoisotopic (exact) mass is 242 g/mol. The van der Waals surface area contributed by atoms with Crippen molar-refractivity contribution < 1.29 is 4.79 Å². The van der Waals surface area contributed by atoms with Crippen LogP contribution in [0.4, 0.5) is 0 Å². The lowest BCUT2D eigenvalue weighted by Crippen LogP contribution is -2.28.